The Hall–Kier alpha value is -0.950. The molecule has 0 amide bonds. The van der Waals surface area contributed by atoms with Crippen LogP contribution in [0.2, 0.25) is 0 Å². The average Bonchev–Trinajstić information content (AvgIpc) is 2.47. The van der Waals surface area contributed by atoms with Gasteiger partial charge in [-0.15, -0.1) is 11.6 Å². The Labute approximate surface area is 70.2 Å². The zero-order valence-corrected chi connectivity index (χ0v) is 6.75. The third kappa shape index (κ3) is 1.02. The Kier molecular flexibility index (Phi) is 1.59. The van der Waals surface area contributed by atoms with Gasteiger partial charge in [0.2, 0.25) is 0 Å². The lowest BCUT2D eigenvalue weighted by Gasteiger charge is -1.96. The molecular formula is C9H8ClN. The van der Waals surface area contributed by atoms with Crippen LogP contribution in [0.1, 0.15) is 0 Å². The monoisotopic (exact) mass is 165 g/mol. The summed E-state index contributed by atoms with van der Waals surface area (Å²) in [6, 6.07) is 10.8. The highest BCUT2D eigenvalue weighted by Gasteiger charge is 1.95. The molecule has 1 aromatic heterocycles. The zero-order valence-electron chi connectivity index (χ0n) is 6.00. The second-order valence-electron chi connectivity index (χ2n) is 2.46. The highest BCUT2D eigenvalue weighted by atomic mass is 35.5. The quantitative estimate of drug-likeness (QED) is 0.573. The summed E-state index contributed by atoms with van der Waals surface area (Å²) >= 11 is 5.71. The normalized spacial score (nSPS) is 10.6. The van der Waals surface area contributed by atoms with Crippen LogP contribution < -0.4 is 0 Å². The van der Waals surface area contributed by atoms with E-state index in [1.807, 2.05) is 22.9 Å². The van der Waals surface area contributed by atoms with Gasteiger partial charge in [-0.2, -0.15) is 0 Å². The Morgan fingerprint density at radius 1 is 1.18 bits per heavy atom. The van der Waals surface area contributed by atoms with E-state index < -0.39 is 0 Å². The molecule has 0 radical (unpaired) electrons. The maximum absolute atomic E-state index is 5.71. The van der Waals surface area contributed by atoms with Gasteiger partial charge in [-0.05, 0) is 17.5 Å². The fourth-order valence-electron chi connectivity index (χ4n) is 1.24. The lowest BCUT2D eigenvalue weighted by molar-refractivity contribution is 0.932. The first kappa shape index (κ1) is 6.74. The largest absolute Gasteiger partial charge is 0.333 e. The molecule has 56 valence electrons. The van der Waals surface area contributed by atoms with Gasteiger partial charge in [0.25, 0.3) is 0 Å². The standard InChI is InChI=1S/C9H8ClN/c10-7-11-6-5-8-3-1-2-4-9(8)11/h1-6H,7H2. The van der Waals surface area contributed by atoms with Crippen molar-refractivity contribution in [2.24, 2.45) is 0 Å². The number of alkyl halides is 1. The molecule has 0 N–H and O–H groups in total. The van der Waals surface area contributed by atoms with Crippen molar-refractivity contribution in [2.75, 3.05) is 0 Å². The first-order valence-electron chi connectivity index (χ1n) is 3.51. The minimum atomic E-state index is 0.521. The van der Waals surface area contributed by atoms with Crippen molar-refractivity contribution in [3.63, 3.8) is 0 Å². The van der Waals surface area contributed by atoms with Crippen LogP contribution in [-0.2, 0) is 6.00 Å². The van der Waals surface area contributed by atoms with Crippen molar-refractivity contribution in [3.8, 4) is 0 Å². The molecular weight excluding hydrogens is 158 g/mol. The van der Waals surface area contributed by atoms with Crippen LogP contribution in [0.3, 0.4) is 0 Å². The molecule has 0 saturated heterocycles. The molecule has 0 atom stereocenters. The van der Waals surface area contributed by atoms with E-state index in [4.69, 9.17) is 11.6 Å². The van der Waals surface area contributed by atoms with Gasteiger partial charge < -0.3 is 4.57 Å². The van der Waals surface area contributed by atoms with Crippen LogP contribution in [0, 0.1) is 0 Å². The molecule has 2 rings (SSSR count). The Morgan fingerprint density at radius 2 is 2.00 bits per heavy atom. The summed E-state index contributed by atoms with van der Waals surface area (Å²) in [5.41, 5.74) is 1.20. The molecule has 2 aromatic rings. The highest BCUT2D eigenvalue weighted by molar-refractivity contribution is 6.15. The third-order valence-electron chi connectivity index (χ3n) is 1.81. The van der Waals surface area contributed by atoms with Crippen molar-refractivity contribution in [1.29, 1.82) is 0 Å². The van der Waals surface area contributed by atoms with E-state index in [1.165, 1.54) is 10.9 Å². The Balaban J connectivity index is 2.76. The molecule has 11 heavy (non-hydrogen) atoms. The SMILES string of the molecule is ClCn1ccc2ccccc21. The predicted molar refractivity (Wildman–Crippen MR) is 47.8 cm³/mol. The van der Waals surface area contributed by atoms with Crippen LogP contribution in [0.5, 0.6) is 0 Å². The number of nitrogens with zero attached hydrogens (tertiary/aromatic N) is 1. The van der Waals surface area contributed by atoms with Crippen molar-refractivity contribution < 1.29 is 0 Å². The lowest BCUT2D eigenvalue weighted by Crippen LogP contribution is -1.86. The first-order valence-corrected chi connectivity index (χ1v) is 4.05. The van der Waals surface area contributed by atoms with Crippen molar-refractivity contribution in [1.82, 2.24) is 4.57 Å². The summed E-state index contributed by atoms with van der Waals surface area (Å²) in [5, 5.41) is 1.24. The first-order chi connectivity index (χ1) is 5.42. The minimum Gasteiger partial charge on any atom is -0.333 e. The van der Waals surface area contributed by atoms with Crippen LogP contribution in [0.25, 0.3) is 10.9 Å². The van der Waals surface area contributed by atoms with Gasteiger partial charge in [0.1, 0.15) is 0 Å². The predicted octanol–water partition coefficient (Wildman–Crippen LogP) is 2.84. The minimum absolute atomic E-state index is 0.521. The van der Waals surface area contributed by atoms with Crippen LogP contribution >= 0.6 is 11.6 Å². The molecule has 0 aliphatic heterocycles. The van der Waals surface area contributed by atoms with E-state index in [0.717, 1.165) is 0 Å². The van der Waals surface area contributed by atoms with Crippen LogP contribution in [0.15, 0.2) is 36.5 Å². The van der Waals surface area contributed by atoms with E-state index >= 15 is 0 Å². The smallest absolute Gasteiger partial charge is 0.0971 e. The summed E-state index contributed by atoms with van der Waals surface area (Å²) in [4.78, 5) is 0. The average molecular weight is 166 g/mol. The highest BCUT2D eigenvalue weighted by Crippen LogP contribution is 2.14. The van der Waals surface area contributed by atoms with Gasteiger partial charge >= 0.3 is 0 Å². The second-order valence-corrected chi connectivity index (χ2v) is 2.70. The number of fused-ring (bicyclic) bond motifs is 1. The zero-order chi connectivity index (χ0) is 7.68. The van der Waals surface area contributed by atoms with E-state index in [-0.39, 0.29) is 0 Å². The number of rotatable bonds is 1. The van der Waals surface area contributed by atoms with Gasteiger partial charge in [0.15, 0.2) is 0 Å². The fourth-order valence-corrected chi connectivity index (χ4v) is 1.45. The molecule has 0 bridgehead atoms. The number of hydrogen-bond acceptors (Lipinski definition) is 0. The van der Waals surface area contributed by atoms with Gasteiger partial charge in [-0.25, -0.2) is 0 Å². The molecule has 0 fully saturated rings. The molecule has 0 saturated carbocycles. The topological polar surface area (TPSA) is 4.93 Å². The molecule has 0 unspecified atom stereocenters. The number of benzene rings is 1. The summed E-state index contributed by atoms with van der Waals surface area (Å²) in [6.07, 6.45) is 2.00. The maximum atomic E-state index is 5.71. The summed E-state index contributed by atoms with van der Waals surface area (Å²) < 4.78 is 2.01. The van der Waals surface area contributed by atoms with E-state index in [1.54, 1.807) is 0 Å². The third-order valence-corrected chi connectivity index (χ3v) is 2.07. The molecule has 0 aliphatic carbocycles. The number of aromatic nitrogens is 1. The molecule has 0 aliphatic rings. The Morgan fingerprint density at radius 3 is 2.82 bits per heavy atom. The van der Waals surface area contributed by atoms with Crippen molar-refractivity contribution in [3.05, 3.63) is 36.5 Å². The second kappa shape index (κ2) is 2.59. The van der Waals surface area contributed by atoms with Crippen molar-refractivity contribution >= 4 is 22.5 Å². The maximum Gasteiger partial charge on any atom is 0.0971 e. The molecule has 0 spiro atoms. The number of hydrogen-bond donors (Lipinski definition) is 0. The number of para-hydroxylation sites is 1. The molecule has 2 heteroatoms. The molecule has 1 aromatic carbocycles. The molecule has 1 nitrogen and oxygen atoms in total. The van der Waals surface area contributed by atoms with Gasteiger partial charge in [-0.3, -0.25) is 0 Å². The number of halogens is 1. The van der Waals surface area contributed by atoms with Crippen LogP contribution in [0.4, 0.5) is 0 Å². The summed E-state index contributed by atoms with van der Waals surface area (Å²) in [6.45, 7) is 0. The van der Waals surface area contributed by atoms with Gasteiger partial charge in [0, 0.05) is 11.7 Å². The van der Waals surface area contributed by atoms with E-state index in [0.29, 0.717) is 6.00 Å². The van der Waals surface area contributed by atoms with E-state index in [9.17, 15) is 0 Å². The summed E-state index contributed by atoms with van der Waals surface area (Å²) in [7, 11) is 0. The molecule has 1 heterocycles. The van der Waals surface area contributed by atoms with Crippen molar-refractivity contribution in [2.45, 2.75) is 6.00 Å². The lowest BCUT2D eigenvalue weighted by atomic mass is 10.2. The van der Waals surface area contributed by atoms with Gasteiger partial charge in [0.05, 0.1) is 6.00 Å². The van der Waals surface area contributed by atoms with Crippen LogP contribution in [-0.4, -0.2) is 4.57 Å². The fraction of sp³-hybridized carbons (Fsp3) is 0.111. The van der Waals surface area contributed by atoms with E-state index in [2.05, 4.69) is 18.2 Å². The Bertz CT molecular complexity index is 364. The summed E-state index contributed by atoms with van der Waals surface area (Å²) in [5.74, 6) is 0. The van der Waals surface area contributed by atoms with Gasteiger partial charge in [-0.1, -0.05) is 18.2 Å².